The summed E-state index contributed by atoms with van der Waals surface area (Å²) in [6.07, 6.45) is 4.06. The van der Waals surface area contributed by atoms with E-state index < -0.39 is 11.6 Å². The number of nitrogens with one attached hydrogen (secondary N) is 1. The molecule has 25 heavy (non-hydrogen) atoms. The van der Waals surface area contributed by atoms with Crippen LogP contribution in [-0.2, 0) is 20.7 Å². The van der Waals surface area contributed by atoms with Crippen molar-refractivity contribution in [2.24, 2.45) is 0 Å². The van der Waals surface area contributed by atoms with Crippen LogP contribution in [0.3, 0.4) is 0 Å². The topological polar surface area (TPSA) is 98.5 Å². The minimum atomic E-state index is -0.576. The molecule has 2 amide bonds. The third-order valence-electron chi connectivity index (χ3n) is 3.73. The number of carbonyl (C=O) groups is 3. The molecule has 1 aromatic rings. The van der Waals surface area contributed by atoms with E-state index >= 15 is 0 Å². The Labute approximate surface area is 147 Å². The molecule has 1 aromatic carbocycles. The van der Waals surface area contributed by atoms with Crippen LogP contribution >= 0.6 is 0 Å². The molecule has 0 bridgehead atoms. The van der Waals surface area contributed by atoms with Gasteiger partial charge in [0.2, 0.25) is 0 Å². The number of benzene rings is 1. The molecular formula is C19H24N2O4. The number of esters is 1. The fraction of sp³-hybridized carbons (Fsp3) is 0.421. The van der Waals surface area contributed by atoms with Gasteiger partial charge in [0.1, 0.15) is 5.60 Å². The third-order valence-corrected chi connectivity index (χ3v) is 3.73. The minimum Gasteiger partial charge on any atom is -0.456 e. The van der Waals surface area contributed by atoms with Crippen molar-refractivity contribution in [1.29, 1.82) is 0 Å². The van der Waals surface area contributed by atoms with Crippen LogP contribution in [0.15, 0.2) is 29.8 Å². The lowest BCUT2D eigenvalue weighted by molar-refractivity contribution is -0.123. The van der Waals surface area contributed by atoms with E-state index in [9.17, 15) is 14.4 Å². The number of hydrogen-bond donors (Lipinski definition) is 2. The van der Waals surface area contributed by atoms with Gasteiger partial charge in [0.15, 0.2) is 0 Å². The Morgan fingerprint density at radius 2 is 1.84 bits per heavy atom. The largest absolute Gasteiger partial charge is 0.456 e. The molecule has 3 N–H and O–H groups in total. The van der Waals surface area contributed by atoms with Crippen LogP contribution in [0.25, 0.3) is 0 Å². The van der Waals surface area contributed by atoms with E-state index in [2.05, 4.69) is 5.32 Å². The first kappa shape index (κ1) is 18.7. The highest BCUT2D eigenvalue weighted by atomic mass is 16.6. The van der Waals surface area contributed by atoms with Crippen molar-refractivity contribution in [2.45, 2.75) is 52.1 Å². The number of unbranched alkanes of at least 4 members (excludes halogenated alkanes) is 1. The molecule has 0 saturated carbocycles. The maximum Gasteiger partial charge on any atom is 0.339 e. The SMILES string of the molecule is CC(C)(C)OC(=O)c1cc(N)ccc1CCCCC1=CC(=O)NC1=O. The summed E-state index contributed by atoms with van der Waals surface area (Å²) in [5.74, 6) is -1.06. The Kier molecular flexibility index (Phi) is 5.62. The lowest BCUT2D eigenvalue weighted by Gasteiger charge is -2.20. The number of amides is 2. The van der Waals surface area contributed by atoms with E-state index in [0.29, 0.717) is 29.7 Å². The summed E-state index contributed by atoms with van der Waals surface area (Å²) < 4.78 is 5.44. The number of rotatable bonds is 6. The van der Waals surface area contributed by atoms with Crippen molar-refractivity contribution < 1.29 is 19.1 Å². The highest BCUT2D eigenvalue weighted by Crippen LogP contribution is 2.21. The predicted molar refractivity (Wildman–Crippen MR) is 94.8 cm³/mol. The highest BCUT2D eigenvalue weighted by molar-refractivity contribution is 6.16. The summed E-state index contributed by atoms with van der Waals surface area (Å²) >= 11 is 0. The molecule has 0 spiro atoms. The second kappa shape index (κ2) is 7.51. The lowest BCUT2D eigenvalue weighted by atomic mass is 9.99. The molecule has 1 heterocycles. The number of anilines is 1. The van der Waals surface area contributed by atoms with E-state index in [1.807, 2.05) is 26.8 Å². The van der Waals surface area contributed by atoms with Crippen LogP contribution in [0.1, 0.15) is 56.0 Å². The maximum absolute atomic E-state index is 12.4. The highest BCUT2D eigenvalue weighted by Gasteiger charge is 2.21. The zero-order valence-corrected chi connectivity index (χ0v) is 14.8. The van der Waals surface area contributed by atoms with Gasteiger partial charge in [-0.1, -0.05) is 6.07 Å². The van der Waals surface area contributed by atoms with Crippen molar-refractivity contribution in [3.8, 4) is 0 Å². The molecule has 0 aromatic heterocycles. The van der Waals surface area contributed by atoms with Crippen LogP contribution in [0.4, 0.5) is 5.69 Å². The van der Waals surface area contributed by atoms with E-state index in [1.165, 1.54) is 6.08 Å². The van der Waals surface area contributed by atoms with E-state index in [4.69, 9.17) is 10.5 Å². The van der Waals surface area contributed by atoms with Gasteiger partial charge in [-0.2, -0.15) is 0 Å². The van der Waals surface area contributed by atoms with Gasteiger partial charge in [0.05, 0.1) is 5.56 Å². The Morgan fingerprint density at radius 3 is 2.44 bits per heavy atom. The second-order valence-corrected chi connectivity index (χ2v) is 7.11. The average Bonchev–Trinajstić information content (AvgIpc) is 2.81. The van der Waals surface area contributed by atoms with Crippen molar-refractivity contribution in [3.05, 3.63) is 41.0 Å². The maximum atomic E-state index is 12.4. The summed E-state index contributed by atoms with van der Waals surface area (Å²) in [6, 6.07) is 5.23. The predicted octanol–water partition coefficient (Wildman–Crippen LogP) is 2.52. The molecule has 2 rings (SSSR count). The van der Waals surface area contributed by atoms with Gasteiger partial charge in [0.25, 0.3) is 11.8 Å². The monoisotopic (exact) mass is 344 g/mol. The molecule has 1 aliphatic rings. The molecule has 0 fully saturated rings. The van der Waals surface area contributed by atoms with Gasteiger partial charge in [-0.25, -0.2) is 4.79 Å². The average molecular weight is 344 g/mol. The van der Waals surface area contributed by atoms with Gasteiger partial charge < -0.3 is 10.5 Å². The molecule has 6 nitrogen and oxygen atoms in total. The smallest absolute Gasteiger partial charge is 0.339 e. The number of hydrogen-bond acceptors (Lipinski definition) is 5. The van der Waals surface area contributed by atoms with Gasteiger partial charge >= 0.3 is 5.97 Å². The second-order valence-electron chi connectivity index (χ2n) is 7.11. The molecule has 1 aliphatic heterocycles. The lowest BCUT2D eigenvalue weighted by Crippen LogP contribution is -2.24. The first-order valence-electron chi connectivity index (χ1n) is 8.33. The summed E-state index contributed by atoms with van der Waals surface area (Å²) in [7, 11) is 0. The standard InChI is InChI=1S/C19H24N2O4/c1-19(2,3)25-18(24)15-11-14(20)9-8-12(15)6-4-5-7-13-10-16(22)21-17(13)23/h8-11H,4-7,20H2,1-3H3,(H,21,22,23). The molecule has 6 heteroatoms. The molecule has 0 unspecified atom stereocenters. The number of nitrogen functional groups attached to an aromatic ring is 1. The Balaban J connectivity index is 1.97. The first-order chi connectivity index (χ1) is 11.7. The Bertz CT molecular complexity index is 729. The van der Waals surface area contributed by atoms with E-state index in [1.54, 1.807) is 12.1 Å². The van der Waals surface area contributed by atoms with E-state index in [0.717, 1.165) is 18.4 Å². The van der Waals surface area contributed by atoms with Crippen LogP contribution < -0.4 is 11.1 Å². The fourth-order valence-corrected chi connectivity index (χ4v) is 2.60. The number of imide groups is 1. The fourth-order valence-electron chi connectivity index (χ4n) is 2.60. The quantitative estimate of drug-likeness (QED) is 0.358. The van der Waals surface area contributed by atoms with Crippen LogP contribution in [0.5, 0.6) is 0 Å². The van der Waals surface area contributed by atoms with Crippen molar-refractivity contribution >= 4 is 23.5 Å². The summed E-state index contributed by atoms with van der Waals surface area (Å²) in [6.45, 7) is 5.45. The number of nitrogens with two attached hydrogens (primary N) is 1. The van der Waals surface area contributed by atoms with Crippen molar-refractivity contribution in [2.75, 3.05) is 5.73 Å². The summed E-state index contributed by atoms with van der Waals surface area (Å²) in [5.41, 5.74) is 7.59. The number of aryl methyl sites for hydroxylation is 1. The van der Waals surface area contributed by atoms with Crippen molar-refractivity contribution in [3.63, 3.8) is 0 Å². The van der Waals surface area contributed by atoms with E-state index in [-0.39, 0.29) is 11.8 Å². The van der Waals surface area contributed by atoms with Gasteiger partial charge in [-0.3, -0.25) is 14.9 Å². The number of carbonyl (C=O) groups excluding carboxylic acids is 3. The zero-order chi connectivity index (χ0) is 18.6. The first-order valence-corrected chi connectivity index (χ1v) is 8.33. The van der Waals surface area contributed by atoms with Gasteiger partial charge in [-0.15, -0.1) is 0 Å². The normalized spacial score (nSPS) is 14.3. The molecule has 0 aliphatic carbocycles. The molecular weight excluding hydrogens is 320 g/mol. The molecule has 134 valence electrons. The molecule has 0 radical (unpaired) electrons. The van der Waals surface area contributed by atoms with Crippen molar-refractivity contribution in [1.82, 2.24) is 5.32 Å². The van der Waals surface area contributed by atoms with Gasteiger partial charge in [-0.05, 0) is 64.2 Å². The summed E-state index contributed by atoms with van der Waals surface area (Å²) in [5, 5.41) is 2.23. The Morgan fingerprint density at radius 1 is 1.16 bits per heavy atom. The van der Waals surface area contributed by atoms with Crippen LogP contribution in [-0.4, -0.2) is 23.4 Å². The number of ether oxygens (including phenoxy) is 1. The Hall–Kier alpha value is -2.63. The minimum absolute atomic E-state index is 0.313. The third kappa shape index (κ3) is 5.45. The van der Waals surface area contributed by atoms with Gasteiger partial charge in [0, 0.05) is 17.3 Å². The molecule has 0 saturated heterocycles. The zero-order valence-electron chi connectivity index (χ0n) is 14.8. The van der Waals surface area contributed by atoms with Crippen LogP contribution in [0, 0.1) is 0 Å². The molecule has 0 atom stereocenters. The summed E-state index contributed by atoms with van der Waals surface area (Å²) in [4.78, 5) is 35.0. The van der Waals surface area contributed by atoms with Crippen LogP contribution in [0.2, 0.25) is 0 Å².